The molecule has 0 aliphatic heterocycles. The van der Waals surface area contributed by atoms with Crippen LogP contribution < -0.4 is 5.56 Å². The number of fused-ring (bicyclic) bond motifs is 1. The number of H-pyrrole nitrogens is 1. The summed E-state index contributed by atoms with van der Waals surface area (Å²) in [6, 6.07) is 4.34. The molecule has 0 saturated carbocycles. The molecule has 6 nitrogen and oxygen atoms in total. The van der Waals surface area contributed by atoms with E-state index in [-0.39, 0.29) is 22.0 Å². The fraction of sp³-hybridized carbons (Fsp3) is 0.400. The second-order valence-electron chi connectivity index (χ2n) is 5.23. The van der Waals surface area contributed by atoms with Crippen molar-refractivity contribution in [2.75, 3.05) is 6.61 Å². The molecule has 0 unspecified atom stereocenters. The molecule has 0 atom stereocenters. The Kier molecular flexibility index (Phi) is 5.10. The van der Waals surface area contributed by atoms with Gasteiger partial charge in [-0.3, -0.25) is 9.36 Å². The molecule has 2 N–H and O–H groups in total. The Hall–Kier alpha value is -1.99. The van der Waals surface area contributed by atoms with Crippen molar-refractivity contribution in [3.8, 4) is 0 Å². The van der Waals surface area contributed by atoms with Crippen molar-refractivity contribution in [2.45, 2.75) is 32.9 Å². The summed E-state index contributed by atoms with van der Waals surface area (Å²) in [5.74, 6) is -1.05. The van der Waals surface area contributed by atoms with Crippen LogP contribution in [0.4, 0.5) is 0 Å². The van der Waals surface area contributed by atoms with E-state index < -0.39 is 5.97 Å². The van der Waals surface area contributed by atoms with Crippen molar-refractivity contribution in [3.05, 3.63) is 38.9 Å². The van der Waals surface area contributed by atoms with Crippen molar-refractivity contribution in [1.29, 1.82) is 0 Å². The van der Waals surface area contributed by atoms with Crippen LogP contribution in [0.2, 0.25) is 0 Å². The lowest BCUT2D eigenvalue weighted by Gasteiger charge is -2.10. The van der Waals surface area contributed by atoms with Gasteiger partial charge in [-0.15, -0.1) is 0 Å². The second kappa shape index (κ2) is 6.85. The first-order chi connectivity index (χ1) is 10.4. The molecular weight excluding hydrogens is 304 g/mol. The Morgan fingerprint density at radius 3 is 2.82 bits per heavy atom. The average molecular weight is 322 g/mol. The van der Waals surface area contributed by atoms with Crippen molar-refractivity contribution in [3.63, 3.8) is 0 Å². The van der Waals surface area contributed by atoms with Crippen LogP contribution in [-0.4, -0.2) is 33.3 Å². The molecule has 1 aromatic heterocycles. The van der Waals surface area contributed by atoms with Crippen LogP contribution in [0.25, 0.3) is 10.9 Å². The topological polar surface area (TPSA) is 84.3 Å². The molecule has 0 radical (unpaired) electrons. The summed E-state index contributed by atoms with van der Waals surface area (Å²) in [6.07, 6.45) is 0.825. The van der Waals surface area contributed by atoms with Crippen molar-refractivity contribution in [1.82, 2.24) is 9.55 Å². The number of nitrogens with one attached hydrogen (secondary N) is 1. The monoisotopic (exact) mass is 322 g/mol. The highest BCUT2D eigenvalue weighted by molar-refractivity contribution is 7.71. The highest BCUT2D eigenvalue weighted by atomic mass is 32.1. The van der Waals surface area contributed by atoms with Gasteiger partial charge in [0.1, 0.15) is 0 Å². The quantitative estimate of drug-likeness (QED) is 0.631. The molecule has 118 valence electrons. The molecule has 22 heavy (non-hydrogen) atoms. The lowest BCUT2D eigenvalue weighted by molar-refractivity contribution is 0.0696. The minimum absolute atomic E-state index is 0.112. The number of benzene rings is 1. The lowest BCUT2D eigenvalue weighted by atomic mass is 10.1. The third-order valence-corrected chi connectivity index (χ3v) is 3.53. The molecule has 7 heteroatoms. The second-order valence-corrected chi connectivity index (χ2v) is 5.61. The number of hydrogen-bond acceptors (Lipinski definition) is 4. The van der Waals surface area contributed by atoms with Crippen molar-refractivity contribution >= 4 is 29.1 Å². The minimum Gasteiger partial charge on any atom is -0.478 e. The largest absolute Gasteiger partial charge is 0.478 e. The molecule has 2 aromatic rings. The summed E-state index contributed by atoms with van der Waals surface area (Å²) >= 11 is 5.20. The standard InChI is InChI=1S/C15H18N2O4S/c1-9(2)21-7-3-6-17-13(18)11-5-4-10(14(19)20)8-12(11)16-15(17)22/h4-5,8-9H,3,6-7H2,1-2H3,(H,16,22)(H,19,20). The fourth-order valence-corrected chi connectivity index (χ4v) is 2.42. The molecule has 0 bridgehead atoms. The number of aromatic amines is 1. The van der Waals surface area contributed by atoms with Crippen LogP contribution in [-0.2, 0) is 11.3 Å². The van der Waals surface area contributed by atoms with Crippen molar-refractivity contribution < 1.29 is 14.6 Å². The third kappa shape index (κ3) is 3.61. The molecule has 1 heterocycles. The Morgan fingerprint density at radius 2 is 2.18 bits per heavy atom. The van der Waals surface area contributed by atoms with Gasteiger partial charge in [0.2, 0.25) is 0 Å². The Balaban J connectivity index is 2.33. The molecule has 0 saturated heterocycles. The van der Waals surface area contributed by atoms with Gasteiger partial charge in [-0.1, -0.05) is 0 Å². The lowest BCUT2D eigenvalue weighted by Crippen LogP contribution is -2.23. The highest BCUT2D eigenvalue weighted by Gasteiger charge is 2.09. The zero-order valence-electron chi connectivity index (χ0n) is 12.5. The normalized spacial score (nSPS) is 11.2. The van der Waals surface area contributed by atoms with Gasteiger partial charge in [0.05, 0.1) is 22.6 Å². The van der Waals surface area contributed by atoms with Crippen LogP contribution in [0.3, 0.4) is 0 Å². The molecule has 0 amide bonds. The highest BCUT2D eigenvalue weighted by Crippen LogP contribution is 2.11. The minimum atomic E-state index is -1.05. The third-order valence-electron chi connectivity index (χ3n) is 3.21. The van der Waals surface area contributed by atoms with Gasteiger partial charge in [-0.05, 0) is 50.7 Å². The zero-order valence-corrected chi connectivity index (χ0v) is 13.3. The number of nitrogens with zero attached hydrogens (tertiary/aromatic N) is 1. The van der Waals surface area contributed by atoms with Crippen LogP contribution in [0.15, 0.2) is 23.0 Å². The number of aromatic nitrogens is 2. The number of aromatic carboxylic acids is 1. The summed E-state index contributed by atoms with van der Waals surface area (Å²) in [5.41, 5.74) is 0.324. The molecule has 2 rings (SSSR count). The maximum Gasteiger partial charge on any atom is 0.335 e. The van der Waals surface area contributed by atoms with E-state index in [9.17, 15) is 9.59 Å². The number of ether oxygens (including phenoxy) is 1. The Bertz CT molecular complexity index is 807. The summed E-state index contributed by atoms with van der Waals surface area (Å²) in [4.78, 5) is 26.3. The van der Waals surface area contributed by atoms with Gasteiger partial charge in [-0.2, -0.15) is 0 Å². The summed E-state index contributed by atoms with van der Waals surface area (Å²) < 4.78 is 7.20. The van der Waals surface area contributed by atoms with Gasteiger partial charge in [0, 0.05) is 13.2 Å². The summed E-state index contributed by atoms with van der Waals surface area (Å²) in [6.45, 7) is 4.91. The number of carboxylic acid groups (broad SMARTS) is 1. The molecule has 0 aliphatic carbocycles. The maximum absolute atomic E-state index is 12.4. The Labute approximate surface area is 132 Å². The Morgan fingerprint density at radius 1 is 1.45 bits per heavy atom. The SMILES string of the molecule is CC(C)OCCCn1c(=S)[nH]c2cc(C(=O)O)ccc2c1=O. The van der Waals surface area contributed by atoms with Crippen LogP contribution in [0.5, 0.6) is 0 Å². The first-order valence-corrected chi connectivity index (χ1v) is 7.42. The number of hydrogen-bond donors (Lipinski definition) is 2. The molecule has 0 fully saturated rings. The predicted octanol–water partition coefficient (Wildman–Crippen LogP) is 2.57. The zero-order chi connectivity index (χ0) is 16.3. The number of carbonyl (C=O) groups is 1. The van der Waals surface area contributed by atoms with Gasteiger partial charge < -0.3 is 14.8 Å². The average Bonchev–Trinajstić information content (AvgIpc) is 2.45. The van der Waals surface area contributed by atoms with Crippen LogP contribution in [0.1, 0.15) is 30.6 Å². The van der Waals surface area contributed by atoms with E-state index in [4.69, 9.17) is 22.1 Å². The van der Waals surface area contributed by atoms with Gasteiger partial charge in [0.25, 0.3) is 5.56 Å². The van der Waals surface area contributed by atoms with E-state index in [1.165, 1.54) is 22.8 Å². The summed E-state index contributed by atoms with van der Waals surface area (Å²) in [5, 5.41) is 9.41. The van der Waals surface area contributed by atoms with E-state index >= 15 is 0 Å². The van der Waals surface area contributed by atoms with E-state index in [1.807, 2.05) is 13.8 Å². The van der Waals surface area contributed by atoms with Gasteiger partial charge in [-0.25, -0.2) is 4.79 Å². The first-order valence-electron chi connectivity index (χ1n) is 7.02. The predicted molar refractivity (Wildman–Crippen MR) is 86.1 cm³/mol. The van der Waals surface area contributed by atoms with E-state index in [2.05, 4.69) is 4.98 Å². The molecule has 1 aromatic carbocycles. The van der Waals surface area contributed by atoms with E-state index in [0.29, 0.717) is 30.5 Å². The van der Waals surface area contributed by atoms with Gasteiger partial charge >= 0.3 is 5.97 Å². The fourth-order valence-electron chi connectivity index (χ4n) is 2.13. The van der Waals surface area contributed by atoms with Gasteiger partial charge in [0.15, 0.2) is 4.77 Å². The smallest absolute Gasteiger partial charge is 0.335 e. The maximum atomic E-state index is 12.4. The molecule has 0 aliphatic rings. The first kappa shape index (κ1) is 16.4. The number of carboxylic acids is 1. The molecule has 0 spiro atoms. The molecular formula is C15H18N2O4S. The van der Waals surface area contributed by atoms with Crippen LogP contribution in [0, 0.1) is 4.77 Å². The van der Waals surface area contributed by atoms with Crippen LogP contribution >= 0.6 is 12.2 Å². The summed E-state index contributed by atoms with van der Waals surface area (Å²) in [7, 11) is 0. The van der Waals surface area contributed by atoms with E-state index in [0.717, 1.165) is 0 Å². The van der Waals surface area contributed by atoms with Crippen molar-refractivity contribution in [2.24, 2.45) is 0 Å². The van der Waals surface area contributed by atoms with E-state index in [1.54, 1.807) is 0 Å². The number of rotatable bonds is 6.